The Morgan fingerprint density at radius 1 is 1.21 bits per heavy atom. The van der Waals surface area contributed by atoms with Crippen LogP contribution in [0.2, 0.25) is 5.02 Å². The van der Waals surface area contributed by atoms with Gasteiger partial charge in [-0.1, -0.05) is 29.8 Å². The van der Waals surface area contributed by atoms with E-state index < -0.39 is 15.6 Å². The lowest BCUT2D eigenvalue weighted by atomic mass is 9.89. The number of hydrogen-bond acceptors (Lipinski definition) is 5. The first-order chi connectivity index (χ1) is 13.8. The summed E-state index contributed by atoms with van der Waals surface area (Å²) in [6.07, 6.45) is 0.710. The smallest absolute Gasteiger partial charge is 0.241 e. The quantitative estimate of drug-likeness (QED) is 0.796. The molecule has 1 fully saturated rings. The van der Waals surface area contributed by atoms with E-state index in [1.54, 1.807) is 30.3 Å². The number of benzene rings is 2. The lowest BCUT2D eigenvalue weighted by Gasteiger charge is -2.34. The van der Waals surface area contributed by atoms with E-state index in [-0.39, 0.29) is 36.1 Å². The molecule has 29 heavy (non-hydrogen) atoms. The number of sulfonamides is 1. The van der Waals surface area contributed by atoms with E-state index in [2.05, 4.69) is 4.72 Å². The maximum Gasteiger partial charge on any atom is 0.241 e. The largest absolute Gasteiger partial charge is 0.484 e. The van der Waals surface area contributed by atoms with E-state index in [0.29, 0.717) is 29.3 Å². The van der Waals surface area contributed by atoms with Crippen molar-refractivity contribution < 1.29 is 22.7 Å². The molecule has 2 aromatic rings. The van der Waals surface area contributed by atoms with Crippen molar-refractivity contribution in [2.24, 2.45) is 0 Å². The number of fused-ring (bicyclic) bond motifs is 1. The van der Waals surface area contributed by atoms with Crippen LogP contribution < -0.4 is 9.46 Å². The van der Waals surface area contributed by atoms with Crippen molar-refractivity contribution in [2.45, 2.75) is 23.3 Å². The van der Waals surface area contributed by atoms with Crippen LogP contribution in [0, 0.1) is 0 Å². The highest BCUT2D eigenvalue weighted by atomic mass is 35.5. The molecule has 1 atom stereocenters. The van der Waals surface area contributed by atoms with Gasteiger partial charge in [0.1, 0.15) is 11.4 Å². The molecule has 2 aliphatic rings. The molecule has 0 bridgehead atoms. The minimum atomic E-state index is -3.86. The van der Waals surface area contributed by atoms with Gasteiger partial charge in [0, 0.05) is 18.0 Å². The van der Waals surface area contributed by atoms with Gasteiger partial charge in [0.2, 0.25) is 15.9 Å². The number of likely N-dealkylation sites (tertiary alicyclic amines) is 1. The fourth-order valence-electron chi connectivity index (χ4n) is 3.71. The standard InChI is InChI=1S/C20H19ClN2O5S/c21-14-4-3-5-15(10-14)29(26,27)22-12-19(25)23-9-8-20(13-23)11-17(24)16-6-1-2-7-18(16)28-20/h1-7,10,22H,8-9,11-13H2. The predicted molar refractivity (Wildman–Crippen MR) is 107 cm³/mol. The average Bonchev–Trinajstić information content (AvgIpc) is 3.09. The molecule has 0 aromatic heterocycles. The van der Waals surface area contributed by atoms with Crippen LogP contribution in [0.5, 0.6) is 5.75 Å². The maximum atomic E-state index is 12.6. The zero-order valence-corrected chi connectivity index (χ0v) is 17.0. The molecule has 1 amide bonds. The number of nitrogens with one attached hydrogen (secondary N) is 1. The summed E-state index contributed by atoms with van der Waals surface area (Å²) in [4.78, 5) is 26.6. The van der Waals surface area contributed by atoms with Crippen molar-refractivity contribution in [3.8, 4) is 5.75 Å². The second-order valence-corrected chi connectivity index (χ2v) is 9.43. The van der Waals surface area contributed by atoms with Crippen molar-refractivity contribution in [2.75, 3.05) is 19.6 Å². The number of ketones is 1. The Hall–Kier alpha value is -2.42. The van der Waals surface area contributed by atoms with Gasteiger partial charge in [-0.3, -0.25) is 9.59 Å². The second-order valence-electron chi connectivity index (χ2n) is 7.23. The molecular formula is C20H19ClN2O5S. The molecule has 1 unspecified atom stereocenters. The van der Waals surface area contributed by atoms with Gasteiger partial charge in [-0.25, -0.2) is 13.1 Å². The first-order valence-electron chi connectivity index (χ1n) is 9.12. The van der Waals surface area contributed by atoms with Crippen LogP contribution in [-0.2, 0) is 14.8 Å². The van der Waals surface area contributed by atoms with Gasteiger partial charge in [0.15, 0.2) is 5.78 Å². The number of para-hydroxylation sites is 1. The van der Waals surface area contributed by atoms with Gasteiger partial charge in [-0.15, -0.1) is 0 Å². The second kappa shape index (κ2) is 7.44. The zero-order valence-electron chi connectivity index (χ0n) is 15.4. The number of ether oxygens (including phenoxy) is 1. The number of carbonyl (C=O) groups excluding carboxylic acids is 2. The van der Waals surface area contributed by atoms with Gasteiger partial charge in [-0.05, 0) is 30.3 Å². The monoisotopic (exact) mass is 434 g/mol. The molecular weight excluding hydrogens is 416 g/mol. The summed E-state index contributed by atoms with van der Waals surface area (Å²) in [5, 5.41) is 0.292. The SMILES string of the molecule is O=C1CC2(CCN(C(=O)CNS(=O)(=O)c3cccc(Cl)c3)C2)Oc2ccccc21. The number of halogens is 1. The number of carbonyl (C=O) groups is 2. The number of amides is 1. The minimum absolute atomic E-state index is 0.00601. The first kappa shape index (κ1) is 19.9. The van der Waals surface area contributed by atoms with Crippen LogP contribution in [0.25, 0.3) is 0 Å². The van der Waals surface area contributed by atoms with Crippen LogP contribution >= 0.6 is 11.6 Å². The van der Waals surface area contributed by atoms with Crippen molar-refractivity contribution in [1.29, 1.82) is 0 Å². The van der Waals surface area contributed by atoms with Crippen molar-refractivity contribution in [1.82, 2.24) is 9.62 Å². The Balaban J connectivity index is 1.41. The third-order valence-corrected chi connectivity index (χ3v) is 6.82. The Kier molecular flexibility index (Phi) is 5.10. The molecule has 2 aromatic carbocycles. The molecule has 1 N–H and O–H groups in total. The molecule has 1 spiro atoms. The van der Waals surface area contributed by atoms with Crippen LogP contribution in [0.4, 0.5) is 0 Å². The summed E-state index contributed by atoms with van der Waals surface area (Å²) in [5.74, 6) is 0.143. The number of rotatable bonds is 4. The number of hydrogen-bond donors (Lipinski definition) is 1. The number of Topliss-reactive ketones (excluding diaryl/α,β-unsaturated/α-hetero) is 1. The fraction of sp³-hybridized carbons (Fsp3) is 0.300. The average molecular weight is 435 g/mol. The van der Waals surface area contributed by atoms with Gasteiger partial charge in [0.05, 0.1) is 30.0 Å². The Morgan fingerprint density at radius 3 is 2.79 bits per heavy atom. The van der Waals surface area contributed by atoms with E-state index in [4.69, 9.17) is 16.3 Å². The summed E-state index contributed by atoms with van der Waals surface area (Å²) in [7, 11) is -3.86. The van der Waals surface area contributed by atoms with E-state index in [9.17, 15) is 18.0 Å². The molecule has 2 aliphatic heterocycles. The molecule has 9 heteroatoms. The van der Waals surface area contributed by atoms with Crippen LogP contribution in [0.1, 0.15) is 23.2 Å². The van der Waals surface area contributed by atoms with Gasteiger partial charge < -0.3 is 9.64 Å². The highest BCUT2D eigenvalue weighted by molar-refractivity contribution is 7.89. The highest BCUT2D eigenvalue weighted by Crippen LogP contribution is 2.38. The van der Waals surface area contributed by atoms with Gasteiger partial charge in [-0.2, -0.15) is 0 Å². The molecule has 0 aliphatic carbocycles. The van der Waals surface area contributed by atoms with E-state index in [1.807, 2.05) is 0 Å². The van der Waals surface area contributed by atoms with Gasteiger partial charge in [0.25, 0.3) is 0 Å². The molecule has 152 valence electrons. The van der Waals surface area contributed by atoms with E-state index in [0.717, 1.165) is 0 Å². The van der Waals surface area contributed by atoms with Crippen LogP contribution in [0.15, 0.2) is 53.4 Å². The first-order valence-corrected chi connectivity index (χ1v) is 11.0. The van der Waals surface area contributed by atoms with E-state index in [1.165, 1.54) is 23.1 Å². The topological polar surface area (TPSA) is 92.8 Å². The number of nitrogens with zero attached hydrogens (tertiary/aromatic N) is 1. The third kappa shape index (κ3) is 4.01. The van der Waals surface area contributed by atoms with Crippen LogP contribution in [0.3, 0.4) is 0 Å². The third-order valence-electron chi connectivity index (χ3n) is 5.19. The van der Waals surface area contributed by atoms with Crippen molar-refractivity contribution in [3.63, 3.8) is 0 Å². The van der Waals surface area contributed by atoms with Gasteiger partial charge >= 0.3 is 0 Å². The zero-order chi connectivity index (χ0) is 20.6. The summed E-state index contributed by atoms with van der Waals surface area (Å²) in [6.45, 7) is 0.257. The summed E-state index contributed by atoms with van der Waals surface area (Å²) in [6, 6.07) is 12.9. The summed E-state index contributed by atoms with van der Waals surface area (Å²) < 4.78 is 33.1. The molecule has 4 rings (SSSR count). The Labute approximate surface area is 173 Å². The molecule has 0 radical (unpaired) electrons. The highest BCUT2D eigenvalue weighted by Gasteiger charge is 2.46. The summed E-state index contributed by atoms with van der Waals surface area (Å²) in [5.41, 5.74) is -0.204. The lowest BCUT2D eigenvalue weighted by molar-refractivity contribution is -0.129. The molecule has 0 saturated carbocycles. The predicted octanol–water partition coefficient (Wildman–Crippen LogP) is 2.25. The molecule has 2 heterocycles. The Morgan fingerprint density at radius 2 is 2.00 bits per heavy atom. The Bertz CT molecular complexity index is 1090. The van der Waals surface area contributed by atoms with Crippen LogP contribution in [-0.4, -0.2) is 50.2 Å². The maximum absolute atomic E-state index is 12.6. The normalized spacial score (nSPS) is 21.1. The van der Waals surface area contributed by atoms with Crippen molar-refractivity contribution >= 4 is 33.3 Å². The lowest BCUT2D eigenvalue weighted by Crippen LogP contribution is -2.46. The van der Waals surface area contributed by atoms with E-state index >= 15 is 0 Å². The molecule has 1 saturated heterocycles. The molecule has 7 nitrogen and oxygen atoms in total. The summed E-state index contributed by atoms with van der Waals surface area (Å²) >= 11 is 5.84. The van der Waals surface area contributed by atoms with Crippen molar-refractivity contribution in [3.05, 3.63) is 59.1 Å². The fourth-order valence-corrected chi connectivity index (χ4v) is 4.99. The minimum Gasteiger partial charge on any atom is -0.484 e.